The Kier molecular flexibility index (Phi) is 5.02. The summed E-state index contributed by atoms with van der Waals surface area (Å²) in [7, 11) is 0. The summed E-state index contributed by atoms with van der Waals surface area (Å²) in [4.78, 5) is 19.1. The first-order valence-corrected chi connectivity index (χ1v) is 9.15. The number of rotatable bonds is 4. The summed E-state index contributed by atoms with van der Waals surface area (Å²) in [6, 6.07) is 4.02. The number of furan rings is 1. The van der Waals surface area contributed by atoms with Crippen LogP contribution in [0.3, 0.4) is 0 Å². The SMILES string of the molecule is Cc1ccc([C@@H]2CCCCN2C(=O)CCc2ncc(C(C)(C)C)o2)o1. The molecule has 1 aliphatic heterocycles. The third-order valence-corrected chi connectivity index (χ3v) is 4.76. The zero-order chi connectivity index (χ0) is 18.0. The molecule has 5 heteroatoms. The van der Waals surface area contributed by atoms with Gasteiger partial charge in [0, 0.05) is 24.8 Å². The van der Waals surface area contributed by atoms with Crippen molar-refractivity contribution in [2.24, 2.45) is 0 Å². The highest BCUT2D eigenvalue weighted by molar-refractivity contribution is 5.77. The molecule has 1 fully saturated rings. The minimum atomic E-state index is -0.0651. The molecule has 5 nitrogen and oxygen atoms in total. The van der Waals surface area contributed by atoms with E-state index in [2.05, 4.69) is 25.8 Å². The Morgan fingerprint density at radius 3 is 2.72 bits per heavy atom. The van der Waals surface area contributed by atoms with Crippen LogP contribution in [0.5, 0.6) is 0 Å². The van der Waals surface area contributed by atoms with Gasteiger partial charge >= 0.3 is 0 Å². The minimum Gasteiger partial charge on any atom is -0.464 e. The first kappa shape index (κ1) is 17.8. The van der Waals surface area contributed by atoms with E-state index in [1.165, 1.54) is 0 Å². The fourth-order valence-corrected chi connectivity index (χ4v) is 3.29. The fourth-order valence-electron chi connectivity index (χ4n) is 3.29. The second-order valence-corrected chi connectivity index (χ2v) is 7.92. The number of hydrogen-bond donors (Lipinski definition) is 0. The topological polar surface area (TPSA) is 59.5 Å². The van der Waals surface area contributed by atoms with Crippen molar-refractivity contribution in [2.75, 3.05) is 6.54 Å². The number of nitrogens with zero attached hydrogens (tertiary/aromatic N) is 2. The van der Waals surface area contributed by atoms with Gasteiger partial charge in [0.25, 0.3) is 0 Å². The summed E-state index contributed by atoms with van der Waals surface area (Å²) < 4.78 is 11.6. The monoisotopic (exact) mass is 344 g/mol. The second kappa shape index (κ2) is 7.06. The lowest BCUT2D eigenvalue weighted by atomic mass is 9.94. The van der Waals surface area contributed by atoms with Crippen molar-refractivity contribution in [1.82, 2.24) is 9.88 Å². The van der Waals surface area contributed by atoms with E-state index < -0.39 is 0 Å². The van der Waals surface area contributed by atoms with Gasteiger partial charge in [0.2, 0.25) is 5.91 Å². The Morgan fingerprint density at radius 2 is 2.08 bits per heavy atom. The molecule has 0 saturated carbocycles. The molecule has 0 aromatic carbocycles. The number of piperidine rings is 1. The van der Waals surface area contributed by atoms with E-state index in [1.807, 2.05) is 24.0 Å². The predicted octanol–water partition coefficient (Wildman–Crippen LogP) is 4.56. The van der Waals surface area contributed by atoms with Gasteiger partial charge in [-0.05, 0) is 38.3 Å². The normalized spacial score (nSPS) is 18.6. The maximum atomic E-state index is 12.8. The van der Waals surface area contributed by atoms with Gasteiger partial charge in [-0.1, -0.05) is 20.8 Å². The molecule has 1 aliphatic rings. The lowest BCUT2D eigenvalue weighted by molar-refractivity contribution is -0.135. The molecular weight excluding hydrogens is 316 g/mol. The van der Waals surface area contributed by atoms with Crippen LogP contribution < -0.4 is 0 Å². The molecule has 1 atom stereocenters. The summed E-state index contributed by atoms with van der Waals surface area (Å²) >= 11 is 0. The molecule has 2 aromatic heterocycles. The van der Waals surface area contributed by atoms with Crippen molar-refractivity contribution in [3.63, 3.8) is 0 Å². The number of carbonyl (C=O) groups excluding carboxylic acids is 1. The Labute approximate surface area is 149 Å². The van der Waals surface area contributed by atoms with Crippen molar-refractivity contribution >= 4 is 5.91 Å². The van der Waals surface area contributed by atoms with Gasteiger partial charge in [0.15, 0.2) is 5.89 Å². The second-order valence-electron chi connectivity index (χ2n) is 7.92. The van der Waals surface area contributed by atoms with Crippen LogP contribution in [0.4, 0.5) is 0 Å². The number of aromatic nitrogens is 1. The maximum absolute atomic E-state index is 12.8. The molecule has 0 spiro atoms. The smallest absolute Gasteiger partial charge is 0.223 e. The average Bonchev–Trinajstić information content (AvgIpc) is 3.21. The first-order valence-electron chi connectivity index (χ1n) is 9.15. The molecule has 136 valence electrons. The summed E-state index contributed by atoms with van der Waals surface area (Å²) in [6.07, 6.45) is 5.87. The van der Waals surface area contributed by atoms with E-state index in [-0.39, 0.29) is 17.4 Å². The van der Waals surface area contributed by atoms with Crippen molar-refractivity contribution in [2.45, 2.75) is 71.3 Å². The van der Waals surface area contributed by atoms with Crippen LogP contribution in [-0.4, -0.2) is 22.3 Å². The Balaban J connectivity index is 1.64. The quantitative estimate of drug-likeness (QED) is 0.816. The highest BCUT2D eigenvalue weighted by Crippen LogP contribution is 2.32. The molecular formula is C20H28N2O3. The van der Waals surface area contributed by atoms with Crippen LogP contribution in [0, 0.1) is 6.92 Å². The third-order valence-electron chi connectivity index (χ3n) is 4.76. The third kappa shape index (κ3) is 4.14. The van der Waals surface area contributed by atoms with Gasteiger partial charge in [-0.2, -0.15) is 0 Å². The van der Waals surface area contributed by atoms with Crippen LogP contribution in [-0.2, 0) is 16.6 Å². The molecule has 0 unspecified atom stereocenters. The largest absolute Gasteiger partial charge is 0.464 e. The lowest BCUT2D eigenvalue weighted by Crippen LogP contribution is -2.38. The van der Waals surface area contributed by atoms with Crippen LogP contribution >= 0.6 is 0 Å². The van der Waals surface area contributed by atoms with E-state index in [0.29, 0.717) is 18.7 Å². The summed E-state index contributed by atoms with van der Waals surface area (Å²) in [5, 5.41) is 0. The lowest BCUT2D eigenvalue weighted by Gasteiger charge is -2.34. The molecule has 0 bridgehead atoms. The number of likely N-dealkylation sites (tertiary alicyclic amines) is 1. The van der Waals surface area contributed by atoms with Gasteiger partial charge in [0.1, 0.15) is 17.3 Å². The molecule has 0 aliphatic carbocycles. The van der Waals surface area contributed by atoms with E-state index in [9.17, 15) is 4.79 Å². The molecule has 25 heavy (non-hydrogen) atoms. The Hall–Kier alpha value is -2.04. The van der Waals surface area contributed by atoms with Crippen molar-refractivity contribution in [3.8, 4) is 0 Å². The van der Waals surface area contributed by atoms with Gasteiger partial charge < -0.3 is 13.7 Å². The van der Waals surface area contributed by atoms with Gasteiger partial charge in [0.05, 0.1) is 12.2 Å². The van der Waals surface area contributed by atoms with Crippen LogP contribution in [0.1, 0.15) is 75.7 Å². The number of amides is 1. The van der Waals surface area contributed by atoms with Crippen molar-refractivity contribution in [3.05, 3.63) is 41.5 Å². The average molecular weight is 344 g/mol. The van der Waals surface area contributed by atoms with Crippen LogP contribution in [0.25, 0.3) is 0 Å². The summed E-state index contributed by atoms with van der Waals surface area (Å²) in [5.41, 5.74) is -0.0651. The van der Waals surface area contributed by atoms with Crippen molar-refractivity contribution < 1.29 is 13.6 Å². The Bertz CT molecular complexity index is 723. The zero-order valence-corrected chi connectivity index (χ0v) is 15.7. The molecule has 0 N–H and O–H groups in total. The zero-order valence-electron chi connectivity index (χ0n) is 15.7. The van der Waals surface area contributed by atoms with E-state index in [0.717, 1.165) is 43.1 Å². The van der Waals surface area contributed by atoms with Gasteiger partial charge in [-0.3, -0.25) is 4.79 Å². The van der Waals surface area contributed by atoms with Gasteiger partial charge in [-0.15, -0.1) is 0 Å². The molecule has 1 saturated heterocycles. The number of carbonyl (C=O) groups is 1. The molecule has 3 heterocycles. The van der Waals surface area contributed by atoms with E-state index >= 15 is 0 Å². The van der Waals surface area contributed by atoms with Crippen LogP contribution in [0.2, 0.25) is 0 Å². The molecule has 3 rings (SSSR count). The number of aryl methyl sites for hydroxylation is 2. The maximum Gasteiger partial charge on any atom is 0.223 e. The highest BCUT2D eigenvalue weighted by Gasteiger charge is 2.30. The number of hydrogen-bond acceptors (Lipinski definition) is 4. The number of oxazole rings is 1. The van der Waals surface area contributed by atoms with E-state index in [1.54, 1.807) is 6.20 Å². The summed E-state index contributed by atoms with van der Waals surface area (Å²) in [5.74, 6) is 3.44. The summed E-state index contributed by atoms with van der Waals surface area (Å²) in [6.45, 7) is 9.00. The Morgan fingerprint density at radius 1 is 1.28 bits per heavy atom. The van der Waals surface area contributed by atoms with Crippen molar-refractivity contribution in [1.29, 1.82) is 0 Å². The standard InChI is InChI=1S/C20H28N2O3/c1-14-8-9-16(24-14)15-7-5-6-12-22(15)19(23)11-10-18-21-13-17(25-18)20(2,3)4/h8-9,13,15H,5-7,10-12H2,1-4H3/t15-/m0/s1. The first-order chi connectivity index (χ1) is 11.8. The predicted molar refractivity (Wildman–Crippen MR) is 95.3 cm³/mol. The minimum absolute atomic E-state index is 0.0599. The van der Waals surface area contributed by atoms with E-state index in [4.69, 9.17) is 8.83 Å². The fraction of sp³-hybridized carbons (Fsp3) is 0.600. The molecule has 2 aromatic rings. The molecule has 1 amide bonds. The highest BCUT2D eigenvalue weighted by atomic mass is 16.4. The van der Waals surface area contributed by atoms with Crippen LogP contribution in [0.15, 0.2) is 27.2 Å². The van der Waals surface area contributed by atoms with Gasteiger partial charge in [-0.25, -0.2) is 4.98 Å². The molecule has 0 radical (unpaired) electrons.